The number of carbonyl (C=O) groups excluding carboxylic acids is 1. The van der Waals surface area contributed by atoms with E-state index in [1.165, 1.54) is 7.11 Å². The summed E-state index contributed by atoms with van der Waals surface area (Å²) in [6.07, 6.45) is 2.31. The van der Waals surface area contributed by atoms with E-state index in [4.69, 9.17) is 0 Å². The molecule has 0 unspecified atom stereocenters. The molecule has 0 saturated carbocycles. The van der Waals surface area contributed by atoms with E-state index in [2.05, 4.69) is 26.9 Å². The Morgan fingerprint density at radius 1 is 1.33 bits per heavy atom. The third-order valence-corrected chi connectivity index (χ3v) is 3.25. The summed E-state index contributed by atoms with van der Waals surface area (Å²) in [4.78, 5) is 17.8. The molecule has 0 aliphatic carbocycles. The number of benzene rings is 1. The average molecular weight is 291 g/mol. The number of esters is 1. The molecule has 5 nitrogen and oxygen atoms in total. The lowest BCUT2D eigenvalue weighted by molar-refractivity contribution is 0.0600. The molecule has 1 N–H and O–H groups in total. The Balaban J connectivity index is 2.55. The second-order valence-corrected chi connectivity index (χ2v) is 4.86. The van der Waals surface area contributed by atoms with Gasteiger partial charge in [0.15, 0.2) is 5.96 Å². The molecule has 0 saturated heterocycles. The van der Waals surface area contributed by atoms with Crippen LogP contribution in [0.4, 0.5) is 0 Å². The summed E-state index contributed by atoms with van der Waals surface area (Å²) in [6.45, 7) is 3.83. The Kier molecular flexibility index (Phi) is 7.29. The Bertz CT molecular complexity index is 469. The average Bonchev–Trinajstić information content (AvgIpc) is 2.53. The van der Waals surface area contributed by atoms with Crippen molar-refractivity contribution in [3.05, 3.63) is 35.4 Å². The maximum absolute atomic E-state index is 11.4. The molecule has 0 bridgehead atoms. The van der Waals surface area contributed by atoms with Crippen molar-refractivity contribution in [3.8, 4) is 0 Å². The minimum absolute atomic E-state index is 0.315. The number of carbonyl (C=O) groups is 1. The molecule has 0 amide bonds. The molecule has 5 heteroatoms. The first kappa shape index (κ1) is 17.0. The molecule has 0 radical (unpaired) electrons. The topological polar surface area (TPSA) is 53.9 Å². The van der Waals surface area contributed by atoms with Gasteiger partial charge in [-0.3, -0.25) is 4.99 Å². The predicted octanol–water partition coefficient (Wildman–Crippen LogP) is 2.28. The van der Waals surface area contributed by atoms with E-state index in [1.54, 1.807) is 19.2 Å². The molecule has 0 atom stereocenters. The molecule has 116 valence electrons. The van der Waals surface area contributed by atoms with Crippen LogP contribution in [0.3, 0.4) is 0 Å². The van der Waals surface area contributed by atoms with Crippen molar-refractivity contribution in [2.45, 2.75) is 26.3 Å². The second-order valence-electron chi connectivity index (χ2n) is 4.86. The van der Waals surface area contributed by atoms with Crippen LogP contribution in [0.5, 0.6) is 0 Å². The van der Waals surface area contributed by atoms with Crippen molar-refractivity contribution in [1.82, 2.24) is 10.2 Å². The molecule has 0 spiro atoms. The fourth-order valence-electron chi connectivity index (χ4n) is 1.94. The number of guanidine groups is 1. The summed E-state index contributed by atoms with van der Waals surface area (Å²) < 4.78 is 4.68. The van der Waals surface area contributed by atoms with Crippen molar-refractivity contribution in [2.24, 2.45) is 4.99 Å². The highest BCUT2D eigenvalue weighted by molar-refractivity contribution is 5.89. The highest BCUT2D eigenvalue weighted by atomic mass is 16.5. The van der Waals surface area contributed by atoms with Crippen molar-refractivity contribution in [2.75, 3.05) is 27.7 Å². The number of rotatable bonds is 6. The van der Waals surface area contributed by atoms with Crippen LogP contribution in [0.15, 0.2) is 29.3 Å². The number of hydrogen-bond acceptors (Lipinski definition) is 3. The molecular weight excluding hydrogens is 266 g/mol. The number of methoxy groups -OCH3 is 1. The first-order valence-corrected chi connectivity index (χ1v) is 7.21. The van der Waals surface area contributed by atoms with Crippen molar-refractivity contribution in [3.63, 3.8) is 0 Å². The zero-order valence-corrected chi connectivity index (χ0v) is 13.3. The van der Waals surface area contributed by atoms with Crippen LogP contribution in [0.2, 0.25) is 0 Å². The summed E-state index contributed by atoms with van der Waals surface area (Å²) >= 11 is 0. The molecule has 1 aromatic rings. The standard InChI is InChI=1S/C16H25N3O2/c1-5-6-11-19(3)16(17-2)18-12-13-7-9-14(10-8-13)15(20)21-4/h7-10H,5-6,11-12H2,1-4H3,(H,17,18). The van der Waals surface area contributed by atoms with Crippen LogP contribution in [-0.4, -0.2) is 44.6 Å². The lowest BCUT2D eigenvalue weighted by Crippen LogP contribution is -2.38. The van der Waals surface area contributed by atoms with Gasteiger partial charge in [-0.2, -0.15) is 0 Å². The molecular formula is C16H25N3O2. The summed E-state index contributed by atoms with van der Waals surface area (Å²) in [5.74, 6) is 0.560. The number of nitrogens with zero attached hydrogens (tertiary/aromatic N) is 2. The van der Waals surface area contributed by atoms with Crippen LogP contribution in [0.1, 0.15) is 35.7 Å². The normalized spacial score (nSPS) is 11.1. The van der Waals surface area contributed by atoms with Crippen molar-refractivity contribution in [1.29, 1.82) is 0 Å². The van der Waals surface area contributed by atoms with E-state index in [1.807, 2.05) is 19.2 Å². The maximum Gasteiger partial charge on any atom is 0.337 e. The summed E-state index contributed by atoms with van der Waals surface area (Å²) in [6, 6.07) is 7.37. The van der Waals surface area contributed by atoms with Crippen molar-refractivity contribution >= 4 is 11.9 Å². The predicted molar refractivity (Wildman–Crippen MR) is 85.5 cm³/mol. The first-order valence-electron chi connectivity index (χ1n) is 7.21. The van der Waals surface area contributed by atoms with Crippen LogP contribution >= 0.6 is 0 Å². The van der Waals surface area contributed by atoms with Gasteiger partial charge >= 0.3 is 5.97 Å². The molecule has 21 heavy (non-hydrogen) atoms. The lowest BCUT2D eigenvalue weighted by Gasteiger charge is -2.21. The summed E-state index contributed by atoms with van der Waals surface area (Å²) in [5, 5.41) is 3.32. The van der Waals surface area contributed by atoms with E-state index in [9.17, 15) is 4.79 Å². The zero-order chi connectivity index (χ0) is 15.7. The van der Waals surface area contributed by atoms with Gasteiger partial charge in [0.05, 0.1) is 12.7 Å². The molecule has 1 aromatic carbocycles. The first-order chi connectivity index (χ1) is 10.1. The van der Waals surface area contributed by atoms with E-state index >= 15 is 0 Å². The fraction of sp³-hybridized carbons (Fsp3) is 0.500. The zero-order valence-electron chi connectivity index (χ0n) is 13.3. The molecule has 0 aromatic heterocycles. The number of hydrogen-bond donors (Lipinski definition) is 1. The SMILES string of the molecule is CCCCN(C)C(=NC)NCc1ccc(C(=O)OC)cc1. The third-order valence-electron chi connectivity index (χ3n) is 3.25. The largest absolute Gasteiger partial charge is 0.465 e. The molecule has 0 aliphatic heterocycles. The van der Waals surface area contributed by atoms with Gasteiger partial charge in [-0.15, -0.1) is 0 Å². The highest BCUT2D eigenvalue weighted by Gasteiger charge is 2.06. The quantitative estimate of drug-likeness (QED) is 0.496. The molecule has 0 heterocycles. The summed E-state index contributed by atoms with van der Waals surface area (Å²) in [5.41, 5.74) is 1.65. The van der Waals surface area contributed by atoms with Crippen molar-refractivity contribution < 1.29 is 9.53 Å². The minimum Gasteiger partial charge on any atom is -0.465 e. The van der Waals surface area contributed by atoms with E-state index in [-0.39, 0.29) is 5.97 Å². The maximum atomic E-state index is 11.4. The minimum atomic E-state index is -0.315. The van der Waals surface area contributed by atoms with Gasteiger partial charge in [0, 0.05) is 27.2 Å². The van der Waals surface area contributed by atoms with Gasteiger partial charge in [0.1, 0.15) is 0 Å². The van der Waals surface area contributed by atoms with Gasteiger partial charge in [0.2, 0.25) is 0 Å². The van der Waals surface area contributed by atoms with Gasteiger partial charge in [-0.1, -0.05) is 25.5 Å². The number of nitrogens with one attached hydrogen (secondary N) is 1. The van der Waals surface area contributed by atoms with Gasteiger partial charge in [-0.25, -0.2) is 4.79 Å². The van der Waals surface area contributed by atoms with E-state index in [0.29, 0.717) is 12.1 Å². The van der Waals surface area contributed by atoms with Gasteiger partial charge < -0.3 is 15.0 Å². The van der Waals surface area contributed by atoms with E-state index < -0.39 is 0 Å². The Labute approximate surface area is 127 Å². The number of aliphatic imine (C=N–C) groups is 1. The fourth-order valence-corrected chi connectivity index (χ4v) is 1.94. The molecule has 1 rings (SSSR count). The Morgan fingerprint density at radius 2 is 2.00 bits per heavy atom. The Hall–Kier alpha value is -2.04. The number of ether oxygens (including phenoxy) is 1. The van der Waals surface area contributed by atoms with Crippen LogP contribution in [0.25, 0.3) is 0 Å². The lowest BCUT2D eigenvalue weighted by atomic mass is 10.1. The molecule has 0 aliphatic rings. The van der Waals surface area contributed by atoms with Gasteiger partial charge in [-0.05, 0) is 24.1 Å². The smallest absolute Gasteiger partial charge is 0.337 e. The number of unbranched alkanes of at least 4 members (excludes halogenated alkanes) is 1. The van der Waals surface area contributed by atoms with Gasteiger partial charge in [0.25, 0.3) is 0 Å². The van der Waals surface area contributed by atoms with Crippen LogP contribution in [-0.2, 0) is 11.3 Å². The third kappa shape index (κ3) is 5.45. The summed E-state index contributed by atoms with van der Waals surface area (Å²) in [7, 11) is 5.20. The molecule has 0 fully saturated rings. The monoisotopic (exact) mass is 291 g/mol. The second kappa shape index (κ2) is 9.00. The highest BCUT2D eigenvalue weighted by Crippen LogP contribution is 2.06. The Morgan fingerprint density at radius 3 is 2.52 bits per heavy atom. The van der Waals surface area contributed by atoms with Crippen LogP contribution < -0.4 is 5.32 Å². The van der Waals surface area contributed by atoms with Crippen LogP contribution in [0, 0.1) is 0 Å². The van der Waals surface area contributed by atoms with E-state index in [0.717, 1.165) is 30.9 Å².